The number of hydrogen-bond donors (Lipinski definition) is 0. The van der Waals surface area contributed by atoms with E-state index in [0.29, 0.717) is 0 Å². The highest BCUT2D eigenvalue weighted by Gasteiger charge is 2.26. The first kappa shape index (κ1) is 15.5. The van der Waals surface area contributed by atoms with Gasteiger partial charge in [0, 0.05) is 12.3 Å². The molecule has 1 aliphatic rings. The molecule has 21 heavy (non-hydrogen) atoms. The largest absolute Gasteiger partial charge is 0.298 e. The Morgan fingerprint density at radius 1 is 1.19 bits per heavy atom. The molecule has 2 heteroatoms. The van der Waals surface area contributed by atoms with Crippen molar-refractivity contribution in [3.8, 4) is 11.5 Å². The minimum Gasteiger partial charge on any atom is -0.298 e. The molecule has 0 aliphatic heterocycles. The lowest BCUT2D eigenvalue weighted by molar-refractivity contribution is -0.105. The molecule has 0 aromatic heterocycles. The van der Waals surface area contributed by atoms with E-state index < -0.39 is 8.07 Å². The van der Waals surface area contributed by atoms with Crippen molar-refractivity contribution in [2.75, 3.05) is 0 Å². The van der Waals surface area contributed by atoms with Gasteiger partial charge in [-0.1, -0.05) is 68.2 Å². The van der Waals surface area contributed by atoms with Gasteiger partial charge in [0.1, 0.15) is 14.4 Å². The van der Waals surface area contributed by atoms with Crippen LogP contribution in [0.1, 0.15) is 17.9 Å². The fraction of sp³-hybridized carbons (Fsp3) is 0.316. The predicted octanol–water partition coefficient (Wildman–Crippen LogP) is 4.35. The van der Waals surface area contributed by atoms with Crippen LogP contribution in [-0.4, -0.2) is 14.4 Å². The molecule has 1 aromatic rings. The van der Waals surface area contributed by atoms with Gasteiger partial charge in [-0.05, 0) is 17.1 Å². The summed E-state index contributed by atoms with van der Waals surface area (Å²) in [6.45, 7) is 6.76. The van der Waals surface area contributed by atoms with Crippen molar-refractivity contribution in [2.24, 2.45) is 5.92 Å². The second kappa shape index (κ2) is 6.73. The fourth-order valence-corrected chi connectivity index (χ4v) is 3.24. The van der Waals surface area contributed by atoms with Crippen LogP contribution >= 0.6 is 0 Å². The molecule has 0 bridgehead atoms. The lowest BCUT2D eigenvalue weighted by atomic mass is 9.76. The highest BCUT2D eigenvalue weighted by molar-refractivity contribution is 6.83. The van der Waals surface area contributed by atoms with Crippen molar-refractivity contribution in [2.45, 2.75) is 32.0 Å². The molecule has 1 aromatic carbocycles. The van der Waals surface area contributed by atoms with Gasteiger partial charge < -0.3 is 0 Å². The SMILES string of the molecule is C[Si](C)(C)C#CC[C@@H]1C=CC=C(C=O)[C@H]1c1ccccc1. The van der Waals surface area contributed by atoms with E-state index in [1.165, 1.54) is 5.56 Å². The zero-order valence-corrected chi connectivity index (χ0v) is 14.0. The third-order valence-electron chi connectivity index (χ3n) is 3.53. The second-order valence-electron chi connectivity index (χ2n) is 6.48. The van der Waals surface area contributed by atoms with Crippen LogP contribution in [-0.2, 0) is 4.79 Å². The maximum atomic E-state index is 11.4. The Balaban J connectivity index is 2.26. The number of allylic oxidation sites excluding steroid dienone is 4. The summed E-state index contributed by atoms with van der Waals surface area (Å²) in [5.41, 5.74) is 5.47. The molecule has 0 unspecified atom stereocenters. The van der Waals surface area contributed by atoms with E-state index in [0.717, 1.165) is 18.3 Å². The molecule has 0 saturated carbocycles. The summed E-state index contributed by atoms with van der Waals surface area (Å²) in [4.78, 5) is 11.4. The quantitative estimate of drug-likeness (QED) is 0.460. The van der Waals surface area contributed by atoms with E-state index in [1.54, 1.807) is 0 Å². The monoisotopic (exact) mass is 294 g/mol. The molecule has 0 fully saturated rings. The molecular weight excluding hydrogens is 272 g/mol. The van der Waals surface area contributed by atoms with Crippen molar-refractivity contribution in [3.63, 3.8) is 0 Å². The minimum atomic E-state index is -1.34. The summed E-state index contributed by atoms with van der Waals surface area (Å²) in [6.07, 6.45) is 7.90. The van der Waals surface area contributed by atoms with Gasteiger partial charge in [-0.25, -0.2) is 0 Å². The molecule has 1 nitrogen and oxygen atoms in total. The molecule has 2 rings (SSSR count). The van der Waals surface area contributed by atoms with E-state index >= 15 is 0 Å². The third-order valence-corrected chi connectivity index (χ3v) is 4.46. The van der Waals surface area contributed by atoms with Gasteiger partial charge in [0.2, 0.25) is 0 Å². The Hall–Kier alpha value is -1.85. The van der Waals surface area contributed by atoms with Gasteiger partial charge in [0.05, 0.1) is 0 Å². The van der Waals surface area contributed by atoms with Crippen molar-refractivity contribution in [1.29, 1.82) is 0 Å². The topological polar surface area (TPSA) is 17.1 Å². The van der Waals surface area contributed by atoms with E-state index in [4.69, 9.17) is 0 Å². The molecule has 0 amide bonds. The first-order valence-corrected chi connectivity index (χ1v) is 10.9. The lowest BCUT2D eigenvalue weighted by Crippen LogP contribution is -2.18. The fourth-order valence-electron chi connectivity index (χ4n) is 2.60. The Bertz CT molecular complexity index is 608. The molecular formula is C19H22OSi. The smallest absolute Gasteiger partial charge is 0.146 e. The van der Waals surface area contributed by atoms with Gasteiger partial charge >= 0.3 is 0 Å². The van der Waals surface area contributed by atoms with Crippen molar-refractivity contribution >= 4 is 14.4 Å². The summed E-state index contributed by atoms with van der Waals surface area (Å²) in [5, 5.41) is 0. The van der Waals surface area contributed by atoms with Gasteiger partial charge in [0.15, 0.2) is 0 Å². The van der Waals surface area contributed by atoms with Crippen LogP contribution in [0.15, 0.2) is 54.1 Å². The zero-order chi connectivity index (χ0) is 15.3. The number of carbonyl (C=O) groups is 1. The number of aldehydes is 1. The molecule has 0 saturated heterocycles. The van der Waals surface area contributed by atoms with E-state index in [2.05, 4.69) is 49.3 Å². The average Bonchev–Trinajstić information content (AvgIpc) is 2.46. The van der Waals surface area contributed by atoms with Crippen LogP contribution in [0.4, 0.5) is 0 Å². The van der Waals surface area contributed by atoms with Crippen LogP contribution in [0.2, 0.25) is 19.6 Å². The van der Waals surface area contributed by atoms with E-state index in [1.807, 2.05) is 30.4 Å². The third kappa shape index (κ3) is 4.31. The van der Waals surface area contributed by atoms with Crippen LogP contribution in [0.3, 0.4) is 0 Å². The minimum absolute atomic E-state index is 0.129. The number of benzene rings is 1. The molecule has 0 radical (unpaired) electrons. The molecule has 1 aliphatic carbocycles. The average molecular weight is 294 g/mol. The Morgan fingerprint density at radius 3 is 2.52 bits per heavy atom. The van der Waals surface area contributed by atoms with E-state index in [-0.39, 0.29) is 11.8 Å². The Morgan fingerprint density at radius 2 is 1.90 bits per heavy atom. The number of rotatable bonds is 3. The van der Waals surface area contributed by atoms with Crippen molar-refractivity contribution in [1.82, 2.24) is 0 Å². The molecule has 108 valence electrons. The number of carbonyl (C=O) groups excluding carboxylic acids is 1. The summed E-state index contributed by atoms with van der Waals surface area (Å²) >= 11 is 0. The van der Waals surface area contributed by atoms with Gasteiger partial charge in [0.25, 0.3) is 0 Å². The first-order chi connectivity index (χ1) is 10.0. The maximum absolute atomic E-state index is 11.4. The van der Waals surface area contributed by atoms with Gasteiger partial charge in [-0.3, -0.25) is 4.79 Å². The Kier molecular flexibility index (Phi) is 4.98. The molecule has 0 spiro atoms. The summed E-state index contributed by atoms with van der Waals surface area (Å²) in [7, 11) is -1.34. The maximum Gasteiger partial charge on any atom is 0.146 e. The summed E-state index contributed by atoms with van der Waals surface area (Å²) < 4.78 is 0. The highest BCUT2D eigenvalue weighted by Crippen LogP contribution is 2.36. The zero-order valence-electron chi connectivity index (χ0n) is 13.0. The molecule has 2 atom stereocenters. The van der Waals surface area contributed by atoms with Crippen LogP contribution in [0.25, 0.3) is 0 Å². The van der Waals surface area contributed by atoms with Crippen molar-refractivity contribution < 1.29 is 4.79 Å². The van der Waals surface area contributed by atoms with Crippen LogP contribution in [0, 0.1) is 17.4 Å². The van der Waals surface area contributed by atoms with Gasteiger partial charge in [-0.2, -0.15) is 0 Å². The van der Waals surface area contributed by atoms with E-state index in [9.17, 15) is 4.79 Å². The molecule has 0 heterocycles. The van der Waals surface area contributed by atoms with Crippen molar-refractivity contribution in [3.05, 3.63) is 59.7 Å². The Labute approximate surface area is 128 Å². The highest BCUT2D eigenvalue weighted by atomic mass is 28.3. The summed E-state index contributed by atoms with van der Waals surface area (Å²) in [5.74, 6) is 3.77. The van der Waals surface area contributed by atoms with Gasteiger partial charge in [-0.15, -0.1) is 11.5 Å². The first-order valence-electron chi connectivity index (χ1n) is 7.40. The second-order valence-corrected chi connectivity index (χ2v) is 11.2. The molecule has 0 N–H and O–H groups in total. The standard InChI is InChI=1S/C19H22OSi/c1-21(2,3)14-8-13-17-11-7-12-18(15-20)19(17)16-9-5-4-6-10-16/h4-7,9-12,15,17,19H,13H2,1-3H3/t17-,19-/m0/s1. The normalized spacial score (nSPS) is 21.2. The van der Waals surface area contributed by atoms with Crippen LogP contribution in [0.5, 0.6) is 0 Å². The lowest BCUT2D eigenvalue weighted by Gasteiger charge is -2.26. The number of hydrogen-bond acceptors (Lipinski definition) is 1. The predicted molar refractivity (Wildman–Crippen MR) is 91.7 cm³/mol. The summed E-state index contributed by atoms with van der Waals surface area (Å²) in [6, 6.07) is 10.3. The van der Waals surface area contributed by atoms with Crippen LogP contribution < -0.4 is 0 Å².